The molecule has 20 heavy (non-hydrogen) atoms. The van der Waals surface area contributed by atoms with Crippen LogP contribution in [0.5, 0.6) is 0 Å². The van der Waals surface area contributed by atoms with Gasteiger partial charge in [0.15, 0.2) is 0 Å². The number of thiazole rings is 1. The van der Waals surface area contributed by atoms with Gasteiger partial charge in [0.25, 0.3) is 0 Å². The quantitative estimate of drug-likeness (QED) is 0.840. The van der Waals surface area contributed by atoms with E-state index in [9.17, 15) is 0 Å². The Hall–Kier alpha value is -1.37. The lowest BCUT2D eigenvalue weighted by Crippen LogP contribution is -2.45. The predicted molar refractivity (Wildman–Crippen MR) is 77.5 cm³/mol. The van der Waals surface area contributed by atoms with Crippen LogP contribution in [0.1, 0.15) is 17.8 Å². The lowest BCUT2D eigenvalue weighted by molar-refractivity contribution is -0.0148. The van der Waals surface area contributed by atoms with Gasteiger partial charge in [0.2, 0.25) is 0 Å². The summed E-state index contributed by atoms with van der Waals surface area (Å²) >= 11 is 1.65. The van der Waals surface area contributed by atoms with Gasteiger partial charge < -0.3 is 4.74 Å². The van der Waals surface area contributed by atoms with E-state index in [1.165, 1.54) is 0 Å². The molecule has 0 bridgehead atoms. The largest absolute Gasteiger partial charge is 0.378 e. The molecule has 3 rings (SSSR count). The van der Waals surface area contributed by atoms with E-state index in [0.29, 0.717) is 6.04 Å². The second-order valence-corrected chi connectivity index (χ2v) is 5.63. The summed E-state index contributed by atoms with van der Waals surface area (Å²) < 4.78 is 5.62. The summed E-state index contributed by atoms with van der Waals surface area (Å²) in [5.74, 6) is 0. The highest BCUT2D eigenvalue weighted by Gasteiger charge is 2.23. The maximum Gasteiger partial charge on any atom is 0.0795 e. The number of hydrogen-bond acceptors (Lipinski definition) is 6. The summed E-state index contributed by atoms with van der Waals surface area (Å²) in [5, 5.41) is 2.12. The number of ether oxygens (including phenoxy) is 1. The highest BCUT2D eigenvalue weighted by Crippen LogP contribution is 2.16. The van der Waals surface area contributed by atoms with Gasteiger partial charge >= 0.3 is 0 Å². The molecule has 1 aliphatic rings. The monoisotopic (exact) mass is 290 g/mol. The normalized spacial score (nSPS) is 20.1. The van der Waals surface area contributed by atoms with Crippen LogP contribution >= 0.6 is 11.3 Å². The first-order valence-electron chi connectivity index (χ1n) is 6.85. The molecule has 0 radical (unpaired) electrons. The molecule has 1 fully saturated rings. The molecule has 0 aromatic carbocycles. The molecule has 5 nitrogen and oxygen atoms in total. The number of aryl methyl sites for hydroxylation is 1. The van der Waals surface area contributed by atoms with Crippen LogP contribution in [-0.4, -0.2) is 45.7 Å². The summed E-state index contributed by atoms with van der Waals surface area (Å²) in [6.45, 7) is 3.50. The fourth-order valence-electron chi connectivity index (χ4n) is 2.46. The molecule has 3 heterocycles. The highest BCUT2D eigenvalue weighted by molar-refractivity contribution is 7.07. The van der Waals surface area contributed by atoms with Crippen LogP contribution in [-0.2, 0) is 17.7 Å². The molecular formula is C14H18N4OS. The molecule has 0 N–H and O–H groups in total. The topological polar surface area (TPSA) is 51.1 Å². The van der Waals surface area contributed by atoms with Gasteiger partial charge in [-0.1, -0.05) is 0 Å². The van der Waals surface area contributed by atoms with Crippen molar-refractivity contribution in [1.29, 1.82) is 0 Å². The van der Waals surface area contributed by atoms with E-state index in [1.54, 1.807) is 23.7 Å². The van der Waals surface area contributed by atoms with E-state index in [1.807, 2.05) is 11.7 Å². The predicted octanol–water partition coefficient (Wildman–Crippen LogP) is 1.77. The SMILES string of the molecule is c1cnc(CC[C@@H]2COCCN2Cc2cscn2)cn1. The molecule has 0 spiro atoms. The van der Waals surface area contributed by atoms with Gasteiger partial charge in [0, 0.05) is 43.1 Å². The Morgan fingerprint density at radius 1 is 1.30 bits per heavy atom. The molecule has 1 atom stereocenters. The Labute approximate surface area is 122 Å². The number of nitrogens with zero attached hydrogens (tertiary/aromatic N) is 4. The fraction of sp³-hybridized carbons (Fsp3) is 0.500. The highest BCUT2D eigenvalue weighted by atomic mass is 32.1. The standard InChI is InChI=1S/C14H18N4OS/c1(12-7-15-3-4-16-12)2-14-9-19-6-5-18(14)8-13-10-20-11-17-13/h3-4,7,10-11,14H,1-2,5-6,8-9H2/t14-/m1/s1. The number of rotatable bonds is 5. The summed E-state index contributed by atoms with van der Waals surface area (Å²) in [4.78, 5) is 15.3. The van der Waals surface area contributed by atoms with E-state index in [0.717, 1.165) is 50.5 Å². The van der Waals surface area contributed by atoms with Crippen molar-refractivity contribution in [3.05, 3.63) is 40.9 Å². The van der Waals surface area contributed by atoms with Crippen LogP contribution < -0.4 is 0 Å². The minimum atomic E-state index is 0.437. The minimum absolute atomic E-state index is 0.437. The van der Waals surface area contributed by atoms with Gasteiger partial charge in [-0.25, -0.2) is 4.98 Å². The van der Waals surface area contributed by atoms with Crippen molar-refractivity contribution in [2.75, 3.05) is 19.8 Å². The number of hydrogen-bond donors (Lipinski definition) is 0. The van der Waals surface area contributed by atoms with Crippen molar-refractivity contribution < 1.29 is 4.74 Å². The Morgan fingerprint density at radius 3 is 3.10 bits per heavy atom. The lowest BCUT2D eigenvalue weighted by atomic mass is 10.1. The van der Waals surface area contributed by atoms with Crippen molar-refractivity contribution in [1.82, 2.24) is 19.9 Å². The van der Waals surface area contributed by atoms with Crippen molar-refractivity contribution >= 4 is 11.3 Å². The third-order valence-corrected chi connectivity index (χ3v) is 4.18. The second-order valence-electron chi connectivity index (χ2n) is 4.91. The van der Waals surface area contributed by atoms with E-state index in [-0.39, 0.29) is 0 Å². The van der Waals surface area contributed by atoms with Crippen molar-refractivity contribution in [3.63, 3.8) is 0 Å². The van der Waals surface area contributed by atoms with E-state index < -0.39 is 0 Å². The first-order chi connectivity index (χ1) is 9.92. The molecule has 2 aromatic rings. The zero-order valence-corrected chi connectivity index (χ0v) is 12.1. The number of morpholine rings is 1. The molecule has 0 saturated carbocycles. The van der Waals surface area contributed by atoms with Crippen LogP contribution in [0.3, 0.4) is 0 Å². The van der Waals surface area contributed by atoms with Crippen molar-refractivity contribution in [2.45, 2.75) is 25.4 Å². The summed E-state index contributed by atoms with van der Waals surface area (Å²) in [7, 11) is 0. The average Bonchev–Trinajstić information content (AvgIpc) is 3.00. The molecular weight excluding hydrogens is 272 g/mol. The third-order valence-electron chi connectivity index (χ3n) is 3.55. The van der Waals surface area contributed by atoms with E-state index in [4.69, 9.17) is 4.74 Å². The van der Waals surface area contributed by atoms with Crippen LogP contribution in [0.25, 0.3) is 0 Å². The molecule has 1 aliphatic heterocycles. The third kappa shape index (κ3) is 3.59. The molecule has 2 aromatic heterocycles. The van der Waals surface area contributed by atoms with Crippen molar-refractivity contribution in [3.8, 4) is 0 Å². The molecule has 0 amide bonds. The van der Waals surface area contributed by atoms with Crippen molar-refractivity contribution in [2.24, 2.45) is 0 Å². The zero-order valence-electron chi connectivity index (χ0n) is 11.3. The summed E-state index contributed by atoms with van der Waals surface area (Å²) in [6, 6.07) is 0.437. The summed E-state index contributed by atoms with van der Waals surface area (Å²) in [6.07, 6.45) is 7.29. The van der Waals surface area contributed by atoms with Gasteiger partial charge in [0.05, 0.1) is 30.1 Å². The Bertz CT molecular complexity index is 505. The lowest BCUT2D eigenvalue weighted by Gasteiger charge is -2.35. The Morgan fingerprint density at radius 2 is 2.30 bits per heavy atom. The van der Waals surface area contributed by atoms with Crippen LogP contribution in [0, 0.1) is 0 Å². The molecule has 106 valence electrons. The Kier molecular flexibility index (Phi) is 4.68. The number of aromatic nitrogens is 3. The van der Waals surface area contributed by atoms with Crippen LogP contribution in [0.4, 0.5) is 0 Å². The average molecular weight is 290 g/mol. The van der Waals surface area contributed by atoms with Gasteiger partial charge in [-0.2, -0.15) is 0 Å². The Balaban J connectivity index is 1.57. The van der Waals surface area contributed by atoms with Crippen LogP contribution in [0.15, 0.2) is 29.5 Å². The van der Waals surface area contributed by atoms with E-state index >= 15 is 0 Å². The zero-order chi connectivity index (χ0) is 13.6. The van der Waals surface area contributed by atoms with Gasteiger partial charge in [0.1, 0.15) is 0 Å². The first kappa shape index (κ1) is 13.6. The van der Waals surface area contributed by atoms with E-state index in [2.05, 4.69) is 25.2 Å². The van der Waals surface area contributed by atoms with Crippen LogP contribution in [0.2, 0.25) is 0 Å². The maximum absolute atomic E-state index is 5.62. The molecule has 6 heteroatoms. The van der Waals surface area contributed by atoms with Gasteiger partial charge in [-0.15, -0.1) is 11.3 Å². The second kappa shape index (κ2) is 6.88. The van der Waals surface area contributed by atoms with Gasteiger partial charge in [-0.3, -0.25) is 14.9 Å². The molecule has 1 saturated heterocycles. The molecule has 0 aliphatic carbocycles. The summed E-state index contributed by atoms with van der Waals surface area (Å²) in [5.41, 5.74) is 4.10. The maximum atomic E-state index is 5.62. The minimum Gasteiger partial charge on any atom is -0.378 e. The molecule has 0 unspecified atom stereocenters. The van der Waals surface area contributed by atoms with Gasteiger partial charge in [-0.05, 0) is 12.8 Å². The smallest absolute Gasteiger partial charge is 0.0795 e. The fourth-order valence-corrected chi connectivity index (χ4v) is 3.01. The first-order valence-corrected chi connectivity index (χ1v) is 7.80.